The highest BCUT2D eigenvalue weighted by atomic mass is 32.2. The zero-order valence-electron chi connectivity index (χ0n) is 13.8. The molecule has 0 aromatic heterocycles. The summed E-state index contributed by atoms with van der Waals surface area (Å²) in [7, 11) is -2.21. The highest BCUT2D eigenvalue weighted by Gasteiger charge is 2.15. The lowest BCUT2D eigenvalue weighted by Gasteiger charge is -2.16. The Hall–Kier alpha value is -3.03. The Balaban J connectivity index is 1.83. The van der Waals surface area contributed by atoms with Crippen molar-refractivity contribution >= 4 is 15.7 Å². The van der Waals surface area contributed by atoms with Crippen LogP contribution in [0.4, 0.5) is 5.69 Å². The Kier molecular flexibility index (Phi) is 4.87. The highest BCUT2D eigenvalue weighted by Crippen LogP contribution is 2.23. The third-order valence-corrected chi connectivity index (χ3v) is 5.09. The van der Waals surface area contributed by atoms with Crippen LogP contribution in [-0.4, -0.2) is 15.5 Å². The van der Waals surface area contributed by atoms with Gasteiger partial charge in [-0.25, -0.2) is 0 Å². The molecule has 0 fully saturated rings. The zero-order chi connectivity index (χ0) is 17.7. The van der Waals surface area contributed by atoms with Crippen LogP contribution in [0.15, 0.2) is 84.9 Å². The maximum Gasteiger partial charge on any atom is 0.304 e. The molecule has 0 atom stereocenters. The number of benzene rings is 3. The van der Waals surface area contributed by atoms with Crippen molar-refractivity contribution in [3.8, 4) is 22.3 Å². The molecule has 0 saturated carbocycles. The van der Waals surface area contributed by atoms with Gasteiger partial charge in [0.25, 0.3) is 0 Å². The van der Waals surface area contributed by atoms with E-state index >= 15 is 0 Å². The van der Waals surface area contributed by atoms with Crippen LogP contribution in [0.2, 0.25) is 0 Å². The second-order valence-electron chi connectivity index (χ2n) is 5.48. The van der Waals surface area contributed by atoms with Crippen LogP contribution in [0.25, 0.3) is 11.1 Å². The van der Waals surface area contributed by atoms with Crippen LogP contribution in [0, 0.1) is 11.2 Å². The first kappa shape index (κ1) is 16.8. The van der Waals surface area contributed by atoms with Crippen LogP contribution in [0.3, 0.4) is 0 Å². The molecule has 0 spiro atoms. The average molecular weight is 347 g/mol. The molecule has 0 amide bonds. The van der Waals surface area contributed by atoms with Gasteiger partial charge in [0.2, 0.25) is 0 Å². The van der Waals surface area contributed by atoms with E-state index in [1.807, 2.05) is 60.7 Å². The van der Waals surface area contributed by atoms with Crippen molar-refractivity contribution in [2.24, 2.45) is 0 Å². The standard InChI is InChI=1S/C21H17NO2S/c1-22(25(23,24)17-16-18-8-4-2-5-9-18)21-14-12-20(13-15-21)19-10-6-3-7-11-19/h2-15H,1H3. The molecule has 3 rings (SSSR count). The number of sulfonamides is 1. The molecule has 4 heteroatoms. The summed E-state index contributed by atoms with van der Waals surface area (Å²) in [6, 6.07) is 26.4. The van der Waals surface area contributed by atoms with Crippen molar-refractivity contribution in [1.82, 2.24) is 0 Å². The molecule has 124 valence electrons. The van der Waals surface area contributed by atoms with Gasteiger partial charge in [0.05, 0.1) is 10.9 Å². The van der Waals surface area contributed by atoms with E-state index in [1.54, 1.807) is 24.3 Å². The number of anilines is 1. The smallest absolute Gasteiger partial charge is 0.263 e. The quantitative estimate of drug-likeness (QED) is 0.668. The van der Waals surface area contributed by atoms with Crippen LogP contribution < -0.4 is 4.31 Å². The Bertz CT molecular complexity index is 1000. The van der Waals surface area contributed by atoms with Crippen molar-refractivity contribution in [3.63, 3.8) is 0 Å². The molecule has 25 heavy (non-hydrogen) atoms. The molecule has 0 bridgehead atoms. The van der Waals surface area contributed by atoms with Gasteiger partial charge in [0.1, 0.15) is 0 Å². The first-order chi connectivity index (χ1) is 12.1. The Morgan fingerprint density at radius 3 is 1.84 bits per heavy atom. The first-order valence-corrected chi connectivity index (χ1v) is 9.22. The van der Waals surface area contributed by atoms with E-state index in [0.29, 0.717) is 11.3 Å². The lowest BCUT2D eigenvalue weighted by atomic mass is 10.1. The average Bonchev–Trinajstić information content (AvgIpc) is 2.67. The minimum atomic E-state index is -3.72. The van der Waals surface area contributed by atoms with Gasteiger partial charge in [0, 0.05) is 12.6 Å². The molecular weight excluding hydrogens is 330 g/mol. The molecule has 0 aliphatic heterocycles. The van der Waals surface area contributed by atoms with Crippen LogP contribution in [0.1, 0.15) is 5.56 Å². The highest BCUT2D eigenvalue weighted by molar-refractivity contribution is 7.97. The van der Waals surface area contributed by atoms with Gasteiger partial charge in [-0.2, -0.15) is 8.42 Å². The number of rotatable bonds is 3. The summed E-state index contributed by atoms with van der Waals surface area (Å²) >= 11 is 0. The maximum absolute atomic E-state index is 12.4. The topological polar surface area (TPSA) is 37.4 Å². The molecule has 0 aliphatic carbocycles. The van der Waals surface area contributed by atoms with Crippen molar-refractivity contribution in [1.29, 1.82) is 0 Å². The fourth-order valence-corrected chi connectivity index (χ4v) is 3.13. The minimum Gasteiger partial charge on any atom is -0.263 e. The molecular formula is C21H17NO2S. The Morgan fingerprint density at radius 1 is 0.720 bits per heavy atom. The predicted molar refractivity (Wildman–Crippen MR) is 103 cm³/mol. The lowest BCUT2D eigenvalue weighted by Crippen LogP contribution is -2.24. The minimum absolute atomic E-state index is 0.571. The Morgan fingerprint density at radius 2 is 1.24 bits per heavy atom. The van der Waals surface area contributed by atoms with Gasteiger partial charge in [-0.15, -0.1) is 0 Å². The second-order valence-corrected chi connectivity index (χ2v) is 7.18. The van der Waals surface area contributed by atoms with Crippen LogP contribution in [-0.2, 0) is 10.0 Å². The normalized spacial score (nSPS) is 10.6. The van der Waals surface area contributed by atoms with Gasteiger partial charge in [-0.1, -0.05) is 60.7 Å². The van der Waals surface area contributed by atoms with E-state index < -0.39 is 10.0 Å². The summed E-state index contributed by atoms with van der Waals surface area (Å²) in [6.45, 7) is 0. The zero-order valence-corrected chi connectivity index (χ0v) is 14.6. The number of hydrogen-bond donors (Lipinski definition) is 0. The first-order valence-electron chi connectivity index (χ1n) is 7.78. The lowest BCUT2D eigenvalue weighted by molar-refractivity contribution is 0.604. The van der Waals surface area contributed by atoms with Crippen LogP contribution in [0.5, 0.6) is 0 Å². The predicted octanol–water partition coefficient (Wildman–Crippen LogP) is 4.13. The molecule has 0 heterocycles. The van der Waals surface area contributed by atoms with E-state index in [4.69, 9.17) is 0 Å². The van der Waals surface area contributed by atoms with Crippen molar-refractivity contribution < 1.29 is 8.42 Å². The molecule has 0 radical (unpaired) electrons. The van der Waals surface area contributed by atoms with Gasteiger partial charge in [-0.05, 0) is 41.3 Å². The molecule has 0 unspecified atom stereocenters. The summed E-state index contributed by atoms with van der Waals surface area (Å²) in [5, 5.41) is 2.37. The molecule has 3 nitrogen and oxygen atoms in total. The largest absolute Gasteiger partial charge is 0.304 e. The Labute approximate surface area is 148 Å². The summed E-state index contributed by atoms with van der Waals surface area (Å²) in [6.07, 6.45) is 0. The number of nitrogens with zero attached hydrogens (tertiary/aromatic N) is 1. The SMILES string of the molecule is CN(c1ccc(-c2ccccc2)cc1)S(=O)(=O)C#Cc1ccccc1. The van der Waals surface area contributed by atoms with Gasteiger partial charge >= 0.3 is 10.0 Å². The van der Waals surface area contributed by atoms with E-state index in [-0.39, 0.29) is 0 Å². The summed E-state index contributed by atoms with van der Waals surface area (Å²) in [4.78, 5) is 0. The molecule has 3 aromatic rings. The van der Waals surface area contributed by atoms with Crippen molar-refractivity contribution in [2.45, 2.75) is 0 Å². The molecule has 0 saturated heterocycles. The third-order valence-electron chi connectivity index (χ3n) is 3.80. The molecule has 0 N–H and O–H groups in total. The maximum atomic E-state index is 12.4. The van der Waals surface area contributed by atoms with Gasteiger partial charge < -0.3 is 0 Å². The monoisotopic (exact) mass is 347 g/mol. The second kappa shape index (κ2) is 7.25. The van der Waals surface area contributed by atoms with Gasteiger partial charge in [-0.3, -0.25) is 4.31 Å². The van der Waals surface area contributed by atoms with Gasteiger partial charge in [0.15, 0.2) is 0 Å². The fraction of sp³-hybridized carbons (Fsp3) is 0.0476. The summed E-state index contributed by atoms with van der Waals surface area (Å²) < 4.78 is 26.0. The molecule has 3 aromatic carbocycles. The van der Waals surface area contributed by atoms with E-state index in [1.165, 1.54) is 11.4 Å². The third kappa shape index (κ3) is 4.09. The van der Waals surface area contributed by atoms with E-state index in [2.05, 4.69) is 11.2 Å². The molecule has 0 aliphatic rings. The van der Waals surface area contributed by atoms with Crippen LogP contribution >= 0.6 is 0 Å². The van der Waals surface area contributed by atoms with Crippen molar-refractivity contribution in [2.75, 3.05) is 11.4 Å². The summed E-state index contributed by atoms with van der Waals surface area (Å²) in [5.41, 5.74) is 3.36. The van der Waals surface area contributed by atoms with E-state index in [9.17, 15) is 8.42 Å². The van der Waals surface area contributed by atoms with Crippen molar-refractivity contribution in [3.05, 3.63) is 90.5 Å². The summed E-state index contributed by atoms with van der Waals surface area (Å²) in [5.74, 6) is 2.69. The number of hydrogen-bond acceptors (Lipinski definition) is 2. The fourth-order valence-electron chi connectivity index (χ4n) is 2.35. The van der Waals surface area contributed by atoms with E-state index in [0.717, 1.165) is 11.1 Å².